The molecule has 0 saturated heterocycles. The van der Waals surface area contributed by atoms with Gasteiger partial charge in [-0.3, -0.25) is 13.9 Å². The van der Waals surface area contributed by atoms with Crippen molar-refractivity contribution < 1.29 is 22.3 Å². The molecule has 0 atom stereocenters. The van der Waals surface area contributed by atoms with Crippen molar-refractivity contribution in [1.82, 2.24) is 0 Å². The predicted molar refractivity (Wildman–Crippen MR) is 89.5 cm³/mol. The molecule has 1 rings (SSSR count). The van der Waals surface area contributed by atoms with E-state index in [-0.39, 0.29) is 0 Å². The largest absolute Gasteiger partial charge is 0.394 e. The summed E-state index contributed by atoms with van der Waals surface area (Å²) in [6.45, 7) is 10.2. The van der Waals surface area contributed by atoms with Crippen molar-refractivity contribution >= 4 is 28.5 Å². The van der Waals surface area contributed by atoms with Gasteiger partial charge in [0.1, 0.15) is 0 Å². The summed E-state index contributed by atoms with van der Waals surface area (Å²) < 4.78 is 31.6. The summed E-state index contributed by atoms with van der Waals surface area (Å²) in [6.07, 6.45) is 4.75. The first-order valence-corrected chi connectivity index (χ1v) is 7.76. The van der Waals surface area contributed by atoms with E-state index in [1.54, 1.807) is 12.2 Å². The first-order valence-electron chi connectivity index (χ1n) is 6.36. The normalized spacial score (nSPS) is 10.3. The molecule has 0 heterocycles. The number of hydrogen-bond donors (Lipinski definition) is 3. The van der Waals surface area contributed by atoms with Crippen LogP contribution in [0, 0.1) is 5.92 Å². The van der Waals surface area contributed by atoms with Crippen molar-refractivity contribution in [3.05, 3.63) is 48.0 Å². The molecular formula is C15H23NO5S. The Labute approximate surface area is 131 Å². The lowest BCUT2D eigenvalue weighted by atomic mass is 10.1. The molecule has 124 valence electrons. The zero-order chi connectivity index (χ0) is 17.8. The molecule has 0 unspecified atom stereocenters. The molecule has 1 aromatic carbocycles. The van der Waals surface area contributed by atoms with Crippen LogP contribution in [0.1, 0.15) is 31.9 Å². The molecule has 0 radical (unpaired) electrons. The van der Waals surface area contributed by atoms with Crippen LogP contribution in [-0.4, -0.2) is 23.4 Å². The highest BCUT2D eigenvalue weighted by Crippen LogP contribution is 2.11. The first kappa shape index (κ1) is 22.3. The quantitative estimate of drug-likeness (QED) is 0.582. The van der Waals surface area contributed by atoms with E-state index >= 15 is 0 Å². The molecule has 0 fully saturated rings. The Morgan fingerprint density at radius 1 is 1.18 bits per heavy atom. The van der Waals surface area contributed by atoms with E-state index < -0.39 is 16.3 Å². The van der Waals surface area contributed by atoms with E-state index in [1.165, 1.54) is 6.08 Å². The number of rotatable bonds is 3. The van der Waals surface area contributed by atoms with Crippen molar-refractivity contribution in [2.75, 3.05) is 0 Å². The molecule has 7 heteroatoms. The molecule has 6 nitrogen and oxygen atoms in total. The van der Waals surface area contributed by atoms with Crippen LogP contribution in [0.25, 0.3) is 12.2 Å². The maximum absolute atomic E-state index is 10.5. The van der Waals surface area contributed by atoms with E-state index in [2.05, 4.69) is 27.4 Å². The SMILES string of the molecule is C=Cc1ccccc1C=CC(N)=O.CC(C)C.O=S(=O)(O)O. The number of benzene rings is 1. The fourth-order valence-corrected chi connectivity index (χ4v) is 1.02. The second-order valence-corrected chi connectivity index (χ2v) is 5.64. The molecule has 0 bridgehead atoms. The smallest absolute Gasteiger partial charge is 0.366 e. The Morgan fingerprint density at radius 2 is 1.55 bits per heavy atom. The molecule has 22 heavy (non-hydrogen) atoms. The lowest BCUT2D eigenvalue weighted by Crippen LogP contribution is -2.05. The molecule has 1 aromatic rings. The molecular weight excluding hydrogens is 306 g/mol. The summed E-state index contributed by atoms with van der Waals surface area (Å²) in [5, 5.41) is 0. The standard InChI is InChI=1S/C11H11NO.C4H10.H2O4S/c1-2-9-5-3-4-6-10(9)7-8-11(12)13;1-4(2)3;1-5(2,3)4/h2-8H,1H2,(H2,12,13);4H,1-3H3;(H2,1,2,3,4). The average molecular weight is 329 g/mol. The minimum Gasteiger partial charge on any atom is -0.366 e. The van der Waals surface area contributed by atoms with Crippen LogP contribution >= 0.6 is 0 Å². The summed E-state index contributed by atoms with van der Waals surface area (Å²) in [7, 11) is -4.67. The van der Waals surface area contributed by atoms with Crippen molar-refractivity contribution in [3.63, 3.8) is 0 Å². The maximum Gasteiger partial charge on any atom is 0.394 e. The van der Waals surface area contributed by atoms with Gasteiger partial charge in [0.2, 0.25) is 5.91 Å². The summed E-state index contributed by atoms with van der Waals surface area (Å²) in [4.78, 5) is 10.5. The predicted octanol–water partition coefficient (Wildman–Crippen LogP) is 2.84. The molecule has 0 aromatic heterocycles. The topological polar surface area (TPSA) is 118 Å². The van der Waals surface area contributed by atoms with Crippen LogP contribution in [0.2, 0.25) is 0 Å². The third kappa shape index (κ3) is 20.4. The van der Waals surface area contributed by atoms with Crippen molar-refractivity contribution in [2.45, 2.75) is 20.8 Å². The minimum atomic E-state index is -4.67. The van der Waals surface area contributed by atoms with Gasteiger partial charge in [-0.05, 0) is 23.1 Å². The minimum absolute atomic E-state index is 0.445. The Balaban J connectivity index is 0. The van der Waals surface area contributed by atoms with Gasteiger partial charge in [0, 0.05) is 6.08 Å². The van der Waals surface area contributed by atoms with Gasteiger partial charge in [-0.15, -0.1) is 0 Å². The fraction of sp³-hybridized carbons (Fsp3) is 0.267. The lowest BCUT2D eigenvalue weighted by Gasteiger charge is -1.97. The third-order valence-electron chi connectivity index (χ3n) is 1.64. The fourth-order valence-electron chi connectivity index (χ4n) is 1.02. The van der Waals surface area contributed by atoms with Crippen LogP contribution in [0.3, 0.4) is 0 Å². The van der Waals surface area contributed by atoms with Crippen LogP contribution in [0.4, 0.5) is 0 Å². The van der Waals surface area contributed by atoms with E-state index in [0.29, 0.717) is 0 Å². The Bertz CT molecular complexity index is 581. The maximum atomic E-state index is 10.5. The molecule has 4 N–H and O–H groups in total. The summed E-state index contributed by atoms with van der Waals surface area (Å²) in [5.74, 6) is 0.388. The average Bonchev–Trinajstić information content (AvgIpc) is 2.34. The number of primary amides is 1. The monoisotopic (exact) mass is 329 g/mol. The van der Waals surface area contributed by atoms with Crippen LogP contribution in [0.5, 0.6) is 0 Å². The van der Waals surface area contributed by atoms with Crippen molar-refractivity contribution in [3.8, 4) is 0 Å². The Hall–Kier alpha value is -1.96. The molecule has 1 amide bonds. The second kappa shape index (κ2) is 11.7. The molecule has 0 saturated carbocycles. The summed E-state index contributed by atoms with van der Waals surface area (Å²) in [5.41, 5.74) is 6.91. The third-order valence-corrected chi connectivity index (χ3v) is 1.64. The Morgan fingerprint density at radius 3 is 1.86 bits per heavy atom. The molecule has 0 spiro atoms. The number of carbonyl (C=O) groups is 1. The Kier molecular flexibility index (Phi) is 11.8. The highest BCUT2D eigenvalue weighted by molar-refractivity contribution is 7.79. The van der Waals surface area contributed by atoms with Gasteiger partial charge in [0.25, 0.3) is 0 Å². The van der Waals surface area contributed by atoms with Gasteiger partial charge in [-0.25, -0.2) is 0 Å². The van der Waals surface area contributed by atoms with E-state index in [9.17, 15) is 4.79 Å². The zero-order valence-electron chi connectivity index (χ0n) is 12.9. The van der Waals surface area contributed by atoms with Gasteiger partial charge in [0.15, 0.2) is 0 Å². The molecule has 0 aliphatic carbocycles. The highest BCUT2D eigenvalue weighted by atomic mass is 32.3. The summed E-state index contributed by atoms with van der Waals surface area (Å²) >= 11 is 0. The second-order valence-electron chi connectivity index (χ2n) is 4.75. The van der Waals surface area contributed by atoms with Gasteiger partial charge in [-0.2, -0.15) is 8.42 Å². The van der Waals surface area contributed by atoms with Crippen LogP contribution < -0.4 is 5.73 Å². The number of hydrogen-bond acceptors (Lipinski definition) is 3. The highest BCUT2D eigenvalue weighted by Gasteiger charge is 1.93. The van der Waals surface area contributed by atoms with E-state index in [1.807, 2.05) is 24.3 Å². The van der Waals surface area contributed by atoms with Crippen LogP contribution in [-0.2, 0) is 15.2 Å². The summed E-state index contributed by atoms with van der Waals surface area (Å²) in [6, 6.07) is 7.64. The lowest BCUT2D eigenvalue weighted by molar-refractivity contribution is -0.113. The van der Waals surface area contributed by atoms with Gasteiger partial charge in [0.05, 0.1) is 0 Å². The first-order chi connectivity index (χ1) is 9.97. The molecule has 0 aliphatic rings. The zero-order valence-corrected chi connectivity index (χ0v) is 13.7. The van der Waals surface area contributed by atoms with Crippen LogP contribution in [0.15, 0.2) is 36.9 Å². The van der Waals surface area contributed by atoms with Crippen molar-refractivity contribution in [1.29, 1.82) is 0 Å². The van der Waals surface area contributed by atoms with E-state index in [0.717, 1.165) is 17.0 Å². The van der Waals surface area contributed by atoms with E-state index in [4.69, 9.17) is 23.3 Å². The molecule has 0 aliphatic heterocycles. The van der Waals surface area contributed by atoms with Crippen molar-refractivity contribution in [2.24, 2.45) is 11.7 Å². The number of amides is 1. The number of nitrogens with two attached hydrogens (primary N) is 1. The van der Waals surface area contributed by atoms with Gasteiger partial charge in [-0.1, -0.05) is 57.7 Å². The number of carbonyl (C=O) groups excluding carboxylic acids is 1. The van der Waals surface area contributed by atoms with Gasteiger partial charge >= 0.3 is 10.4 Å². The van der Waals surface area contributed by atoms with Gasteiger partial charge < -0.3 is 5.73 Å².